The van der Waals surface area contributed by atoms with Crippen LogP contribution in [0.3, 0.4) is 0 Å². The quantitative estimate of drug-likeness (QED) is 0.871. The lowest BCUT2D eigenvalue weighted by molar-refractivity contribution is 0.152. The maximum absolute atomic E-state index is 4.12. The summed E-state index contributed by atoms with van der Waals surface area (Å²) in [5.74, 6) is 0.569. The zero-order valence-electron chi connectivity index (χ0n) is 14.9. The van der Waals surface area contributed by atoms with Crippen molar-refractivity contribution in [3.8, 4) is 0 Å². The molecule has 128 valence electrons. The number of nitrogens with one attached hydrogen (secondary N) is 1. The molecule has 24 heavy (non-hydrogen) atoms. The number of rotatable bonds is 6. The minimum absolute atomic E-state index is 0.484. The third kappa shape index (κ3) is 4.43. The van der Waals surface area contributed by atoms with Gasteiger partial charge < -0.3 is 5.32 Å². The fourth-order valence-electron chi connectivity index (χ4n) is 3.59. The van der Waals surface area contributed by atoms with E-state index < -0.39 is 0 Å². The van der Waals surface area contributed by atoms with Crippen LogP contribution < -0.4 is 5.32 Å². The highest BCUT2D eigenvalue weighted by molar-refractivity contribution is 5.19. The molecule has 1 aliphatic heterocycles. The van der Waals surface area contributed by atoms with Crippen LogP contribution in [0.4, 0.5) is 0 Å². The summed E-state index contributed by atoms with van der Waals surface area (Å²) in [7, 11) is 0. The Morgan fingerprint density at radius 1 is 1.00 bits per heavy atom. The average molecular weight is 323 g/mol. The lowest BCUT2D eigenvalue weighted by Gasteiger charge is -2.37. The molecule has 0 unspecified atom stereocenters. The molecule has 1 saturated heterocycles. The molecule has 2 aromatic rings. The van der Waals surface area contributed by atoms with E-state index in [0.717, 1.165) is 6.54 Å². The Hall–Kier alpha value is -1.71. The molecule has 3 heteroatoms. The minimum atomic E-state index is 0.484. The Bertz CT molecular complexity index is 591. The number of hydrogen-bond acceptors (Lipinski definition) is 3. The first kappa shape index (κ1) is 17.1. The second kappa shape index (κ2) is 8.41. The Labute approximate surface area is 146 Å². The van der Waals surface area contributed by atoms with Crippen LogP contribution in [-0.4, -0.2) is 35.6 Å². The van der Waals surface area contributed by atoms with E-state index in [0.29, 0.717) is 18.0 Å². The second-order valence-corrected chi connectivity index (χ2v) is 6.99. The third-order valence-corrected chi connectivity index (χ3v) is 5.35. The second-order valence-electron chi connectivity index (χ2n) is 6.99. The lowest BCUT2D eigenvalue weighted by atomic mass is 9.98. The average Bonchev–Trinajstić information content (AvgIpc) is 2.67. The van der Waals surface area contributed by atoms with Crippen LogP contribution in [0.1, 0.15) is 49.8 Å². The normalized spacial score (nSPS) is 19.1. The van der Waals surface area contributed by atoms with E-state index in [9.17, 15) is 0 Å². The Kier molecular flexibility index (Phi) is 6.00. The fraction of sp³-hybridized carbons (Fsp3) is 0.476. The van der Waals surface area contributed by atoms with Gasteiger partial charge in [-0.3, -0.25) is 9.88 Å². The molecule has 0 radical (unpaired) electrons. The van der Waals surface area contributed by atoms with Gasteiger partial charge in [0.05, 0.1) is 0 Å². The van der Waals surface area contributed by atoms with Crippen molar-refractivity contribution in [2.24, 2.45) is 0 Å². The third-order valence-electron chi connectivity index (χ3n) is 5.35. The van der Waals surface area contributed by atoms with Crippen LogP contribution in [0.25, 0.3) is 0 Å². The van der Waals surface area contributed by atoms with E-state index in [-0.39, 0.29) is 0 Å². The Morgan fingerprint density at radius 3 is 2.33 bits per heavy atom. The molecule has 0 saturated carbocycles. The van der Waals surface area contributed by atoms with Gasteiger partial charge in [0.2, 0.25) is 0 Å². The van der Waals surface area contributed by atoms with Gasteiger partial charge in [-0.25, -0.2) is 0 Å². The number of nitrogens with zero attached hydrogens (tertiary/aromatic N) is 2. The Balaban J connectivity index is 1.44. The molecule has 2 atom stereocenters. The highest BCUT2D eigenvalue weighted by atomic mass is 15.2. The van der Waals surface area contributed by atoms with Crippen molar-refractivity contribution >= 4 is 0 Å². The fourth-order valence-corrected chi connectivity index (χ4v) is 3.59. The van der Waals surface area contributed by atoms with E-state index in [2.05, 4.69) is 71.5 Å². The van der Waals surface area contributed by atoms with Crippen molar-refractivity contribution in [1.82, 2.24) is 15.2 Å². The Morgan fingerprint density at radius 2 is 1.67 bits per heavy atom. The molecule has 0 spiro atoms. The highest BCUT2D eigenvalue weighted by Gasteiger charge is 2.23. The van der Waals surface area contributed by atoms with E-state index >= 15 is 0 Å². The summed E-state index contributed by atoms with van der Waals surface area (Å²) in [6.07, 6.45) is 6.25. The van der Waals surface area contributed by atoms with Crippen LogP contribution >= 0.6 is 0 Å². The van der Waals surface area contributed by atoms with Crippen LogP contribution in [0.2, 0.25) is 0 Å². The standard InChI is InChI=1S/C21H29N3/c1-17(19-6-4-3-5-7-19)16-23-21-10-14-24(15-11-21)18(2)20-8-12-22-13-9-20/h3-9,12-13,17-18,21,23H,10-11,14-16H2,1-2H3/t17-,18+/m0/s1. The summed E-state index contributed by atoms with van der Waals surface area (Å²) in [6, 6.07) is 16.2. The number of aromatic nitrogens is 1. The maximum atomic E-state index is 4.12. The van der Waals surface area contributed by atoms with Crippen molar-refractivity contribution in [3.63, 3.8) is 0 Å². The summed E-state index contributed by atoms with van der Waals surface area (Å²) >= 11 is 0. The molecule has 3 rings (SSSR count). The van der Waals surface area contributed by atoms with Gasteiger partial charge in [-0.2, -0.15) is 0 Å². The predicted molar refractivity (Wildman–Crippen MR) is 100 cm³/mol. The minimum Gasteiger partial charge on any atom is -0.313 e. The first-order chi connectivity index (χ1) is 11.7. The van der Waals surface area contributed by atoms with Crippen molar-refractivity contribution in [2.75, 3.05) is 19.6 Å². The summed E-state index contributed by atoms with van der Waals surface area (Å²) in [5.41, 5.74) is 2.79. The number of benzene rings is 1. The van der Waals surface area contributed by atoms with Crippen molar-refractivity contribution in [3.05, 3.63) is 66.0 Å². The SMILES string of the molecule is C[C@H](c1ccncc1)N1CCC(NC[C@H](C)c2ccccc2)CC1. The zero-order chi connectivity index (χ0) is 16.8. The number of hydrogen-bond donors (Lipinski definition) is 1. The molecule has 1 aromatic heterocycles. The van der Waals surface area contributed by atoms with Gasteiger partial charge in [0, 0.05) is 44.1 Å². The molecule has 0 amide bonds. The smallest absolute Gasteiger partial charge is 0.0321 e. The lowest BCUT2D eigenvalue weighted by Crippen LogP contribution is -2.44. The van der Waals surface area contributed by atoms with E-state index in [1.807, 2.05) is 12.4 Å². The topological polar surface area (TPSA) is 28.2 Å². The van der Waals surface area contributed by atoms with Crippen molar-refractivity contribution < 1.29 is 0 Å². The molecular weight excluding hydrogens is 294 g/mol. The van der Waals surface area contributed by atoms with Crippen LogP contribution in [0.5, 0.6) is 0 Å². The van der Waals surface area contributed by atoms with Gasteiger partial charge in [-0.05, 0) is 48.9 Å². The van der Waals surface area contributed by atoms with Gasteiger partial charge in [0.25, 0.3) is 0 Å². The van der Waals surface area contributed by atoms with Gasteiger partial charge in [0.1, 0.15) is 0 Å². The first-order valence-electron chi connectivity index (χ1n) is 9.16. The highest BCUT2D eigenvalue weighted by Crippen LogP contribution is 2.24. The first-order valence-corrected chi connectivity index (χ1v) is 9.16. The largest absolute Gasteiger partial charge is 0.313 e. The molecule has 3 nitrogen and oxygen atoms in total. The van der Waals surface area contributed by atoms with Crippen molar-refractivity contribution in [1.29, 1.82) is 0 Å². The van der Waals surface area contributed by atoms with Gasteiger partial charge in [-0.15, -0.1) is 0 Å². The molecule has 1 N–H and O–H groups in total. The zero-order valence-corrected chi connectivity index (χ0v) is 14.9. The molecular formula is C21H29N3. The van der Waals surface area contributed by atoms with E-state index in [4.69, 9.17) is 0 Å². The van der Waals surface area contributed by atoms with Crippen LogP contribution in [-0.2, 0) is 0 Å². The summed E-state index contributed by atoms with van der Waals surface area (Å²) in [5, 5.41) is 3.78. The monoisotopic (exact) mass is 323 g/mol. The van der Waals surface area contributed by atoms with E-state index in [1.165, 1.54) is 37.1 Å². The van der Waals surface area contributed by atoms with Crippen molar-refractivity contribution in [2.45, 2.75) is 44.7 Å². The maximum Gasteiger partial charge on any atom is 0.0321 e. The van der Waals surface area contributed by atoms with Gasteiger partial charge >= 0.3 is 0 Å². The number of likely N-dealkylation sites (tertiary alicyclic amines) is 1. The van der Waals surface area contributed by atoms with Gasteiger partial charge in [-0.1, -0.05) is 37.3 Å². The summed E-state index contributed by atoms with van der Waals surface area (Å²) in [6.45, 7) is 8.01. The predicted octanol–water partition coefficient (Wildman–Crippen LogP) is 4.00. The molecule has 2 heterocycles. The van der Waals surface area contributed by atoms with Crippen LogP contribution in [0, 0.1) is 0 Å². The van der Waals surface area contributed by atoms with E-state index in [1.54, 1.807) is 0 Å². The molecule has 1 aliphatic rings. The summed E-state index contributed by atoms with van der Waals surface area (Å²) in [4.78, 5) is 6.71. The number of piperidine rings is 1. The molecule has 0 aliphatic carbocycles. The molecule has 0 bridgehead atoms. The molecule has 1 fully saturated rings. The van der Waals surface area contributed by atoms with Gasteiger partial charge in [0.15, 0.2) is 0 Å². The van der Waals surface area contributed by atoms with Crippen LogP contribution in [0.15, 0.2) is 54.9 Å². The molecule has 1 aromatic carbocycles. The number of pyridine rings is 1. The summed E-state index contributed by atoms with van der Waals surface area (Å²) < 4.78 is 0.